The van der Waals surface area contributed by atoms with Crippen molar-refractivity contribution in [2.24, 2.45) is 0 Å². The van der Waals surface area contributed by atoms with E-state index in [2.05, 4.69) is 16.9 Å². The minimum atomic E-state index is -0.244. The number of benzene rings is 1. The monoisotopic (exact) mass is 216 g/mol. The first-order valence-corrected chi connectivity index (χ1v) is 5.36. The van der Waals surface area contributed by atoms with Gasteiger partial charge >= 0.3 is 0 Å². The van der Waals surface area contributed by atoms with E-state index in [1.165, 1.54) is 12.1 Å². The molecule has 1 aromatic carbocycles. The summed E-state index contributed by atoms with van der Waals surface area (Å²) in [5.41, 5.74) is 1.97. The lowest BCUT2D eigenvalue weighted by Crippen LogP contribution is -1.92. The molecule has 2 nitrogen and oxygen atoms in total. The lowest BCUT2D eigenvalue weighted by Gasteiger charge is -2.01. The Morgan fingerprint density at radius 3 is 2.25 bits per heavy atom. The topological polar surface area (TPSA) is 25.8 Å². The molecule has 0 N–H and O–H groups in total. The van der Waals surface area contributed by atoms with Gasteiger partial charge in [-0.3, -0.25) is 0 Å². The molecule has 82 valence electrons. The largest absolute Gasteiger partial charge is 0.236 e. The van der Waals surface area contributed by atoms with Crippen molar-refractivity contribution >= 4 is 0 Å². The van der Waals surface area contributed by atoms with Gasteiger partial charge in [0.25, 0.3) is 0 Å². The van der Waals surface area contributed by atoms with E-state index in [0.717, 1.165) is 24.0 Å². The maximum absolute atomic E-state index is 12.7. The maximum atomic E-state index is 12.7. The zero-order valence-corrected chi connectivity index (χ0v) is 9.15. The van der Waals surface area contributed by atoms with Crippen LogP contribution in [-0.4, -0.2) is 9.97 Å². The van der Waals surface area contributed by atoms with E-state index in [4.69, 9.17) is 0 Å². The standard InChI is InChI=1S/C13H13FN2/c1-2-3-10-8-15-13(16-9-10)11-4-6-12(14)7-5-11/h4-9H,2-3H2,1H3. The second kappa shape index (κ2) is 4.84. The van der Waals surface area contributed by atoms with Crippen LogP contribution in [0.1, 0.15) is 18.9 Å². The van der Waals surface area contributed by atoms with Crippen LogP contribution in [0.3, 0.4) is 0 Å². The van der Waals surface area contributed by atoms with E-state index >= 15 is 0 Å². The van der Waals surface area contributed by atoms with Gasteiger partial charge in [-0.05, 0) is 36.2 Å². The Bertz CT molecular complexity index is 448. The second-order valence-electron chi connectivity index (χ2n) is 3.67. The number of rotatable bonds is 3. The summed E-state index contributed by atoms with van der Waals surface area (Å²) in [6, 6.07) is 6.20. The molecular weight excluding hydrogens is 203 g/mol. The van der Waals surface area contributed by atoms with Gasteiger partial charge in [-0.2, -0.15) is 0 Å². The summed E-state index contributed by atoms with van der Waals surface area (Å²) >= 11 is 0. The summed E-state index contributed by atoms with van der Waals surface area (Å²) in [6.07, 6.45) is 5.73. The molecule has 16 heavy (non-hydrogen) atoms. The van der Waals surface area contributed by atoms with Crippen molar-refractivity contribution in [2.45, 2.75) is 19.8 Å². The van der Waals surface area contributed by atoms with Crippen LogP contribution in [0, 0.1) is 5.82 Å². The number of hydrogen-bond donors (Lipinski definition) is 0. The molecule has 0 fully saturated rings. The van der Waals surface area contributed by atoms with Gasteiger partial charge in [0.05, 0.1) is 0 Å². The van der Waals surface area contributed by atoms with E-state index in [9.17, 15) is 4.39 Å². The Hall–Kier alpha value is -1.77. The van der Waals surface area contributed by atoms with Crippen LogP contribution in [0.4, 0.5) is 4.39 Å². The summed E-state index contributed by atoms with van der Waals surface area (Å²) in [5, 5.41) is 0. The Balaban J connectivity index is 2.24. The lowest BCUT2D eigenvalue weighted by atomic mass is 10.2. The fraction of sp³-hybridized carbons (Fsp3) is 0.231. The number of halogens is 1. The van der Waals surface area contributed by atoms with E-state index in [1.54, 1.807) is 12.1 Å². The molecule has 2 rings (SSSR count). The molecule has 0 bridgehead atoms. The summed E-state index contributed by atoms with van der Waals surface area (Å²) in [6.45, 7) is 2.12. The first-order valence-electron chi connectivity index (χ1n) is 5.36. The smallest absolute Gasteiger partial charge is 0.159 e. The van der Waals surface area contributed by atoms with Crippen molar-refractivity contribution in [1.29, 1.82) is 0 Å². The highest BCUT2D eigenvalue weighted by Crippen LogP contribution is 2.14. The van der Waals surface area contributed by atoms with Crippen LogP contribution in [-0.2, 0) is 6.42 Å². The molecule has 0 saturated carbocycles. The van der Waals surface area contributed by atoms with Gasteiger partial charge in [-0.15, -0.1) is 0 Å². The van der Waals surface area contributed by atoms with Crippen LogP contribution in [0.15, 0.2) is 36.7 Å². The van der Waals surface area contributed by atoms with Gasteiger partial charge in [0.2, 0.25) is 0 Å². The third kappa shape index (κ3) is 2.42. The number of hydrogen-bond acceptors (Lipinski definition) is 2. The highest BCUT2D eigenvalue weighted by molar-refractivity contribution is 5.54. The highest BCUT2D eigenvalue weighted by Gasteiger charge is 2.01. The van der Waals surface area contributed by atoms with Crippen LogP contribution in [0.25, 0.3) is 11.4 Å². The molecular formula is C13H13FN2. The Labute approximate surface area is 94.2 Å². The predicted molar refractivity (Wildman–Crippen MR) is 61.4 cm³/mol. The van der Waals surface area contributed by atoms with E-state index in [0.29, 0.717) is 5.82 Å². The summed E-state index contributed by atoms with van der Waals surface area (Å²) < 4.78 is 12.7. The maximum Gasteiger partial charge on any atom is 0.159 e. The van der Waals surface area contributed by atoms with Crippen molar-refractivity contribution in [1.82, 2.24) is 9.97 Å². The molecule has 2 aromatic rings. The molecule has 0 aliphatic rings. The molecule has 0 unspecified atom stereocenters. The van der Waals surface area contributed by atoms with Gasteiger partial charge in [-0.1, -0.05) is 13.3 Å². The summed E-state index contributed by atoms with van der Waals surface area (Å²) in [4.78, 5) is 8.53. The van der Waals surface area contributed by atoms with Crippen molar-refractivity contribution in [3.63, 3.8) is 0 Å². The van der Waals surface area contributed by atoms with Gasteiger partial charge < -0.3 is 0 Å². The van der Waals surface area contributed by atoms with E-state index in [-0.39, 0.29) is 5.82 Å². The zero-order valence-electron chi connectivity index (χ0n) is 9.15. The molecule has 0 radical (unpaired) electrons. The highest BCUT2D eigenvalue weighted by atomic mass is 19.1. The Morgan fingerprint density at radius 2 is 1.69 bits per heavy atom. The Morgan fingerprint density at radius 1 is 1.06 bits per heavy atom. The summed E-state index contributed by atoms with van der Waals surface area (Å²) in [7, 11) is 0. The van der Waals surface area contributed by atoms with Crippen LogP contribution < -0.4 is 0 Å². The van der Waals surface area contributed by atoms with Crippen molar-refractivity contribution in [3.8, 4) is 11.4 Å². The SMILES string of the molecule is CCCc1cnc(-c2ccc(F)cc2)nc1. The van der Waals surface area contributed by atoms with Crippen molar-refractivity contribution < 1.29 is 4.39 Å². The van der Waals surface area contributed by atoms with Crippen molar-refractivity contribution in [3.05, 3.63) is 48.0 Å². The molecule has 1 heterocycles. The molecule has 3 heteroatoms. The van der Waals surface area contributed by atoms with Gasteiger partial charge in [0, 0.05) is 18.0 Å². The number of aryl methyl sites for hydroxylation is 1. The van der Waals surface area contributed by atoms with Crippen molar-refractivity contribution in [2.75, 3.05) is 0 Å². The van der Waals surface area contributed by atoms with Crippen LogP contribution in [0.2, 0.25) is 0 Å². The van der Waals surface area contributed by atoms with Gasteiger partial charge in [-0.25, -0.2) is 14.4 Å². The molecule has 0 spiro atoms. The van der Waals surface area contributed by atoms with Gasteiger partial charge in [0.15, 0.2) is 5.82 Å². The Kier molecular flexibility index (Phi) is 3.25. The number of nitrogens with zero attached hydrogens (tertiary/aromatic N) is 2. The molecule has 0 saturated heterocycles. The lowest BCUT2D eigenvalue weighted by molar-refractivity contribution is 0.628. The van der Waals surface area contributed by atoms with E-state index in [1.807, 2.05) is 12.4 Å². The minimum Gasteiger partial charge on any atom is -0.236 e. The minimum absolute atomic E-state index is 0.244. The predicted octanol–water partition coefficient (Wildman–Crippen LogP) is 3.24. The fourth-order valence-electron chi connectivity index (χ4n) is 1.52. The zero-order chi connectivity index (χ0) is 11.4. The third-order valence-electron chi connectivity index (χ3n) is 2.35. The van der Waals surface area contributed by atoms with Crippen LogP contribution in [0.5, 0.6) is 0 Å². The van der Waals surface area contributed by atoms with Gasteiger partial charge in [0.1, 0.15) is 5.82 Å². The third-order valence-corrected chi connectivity index (χ3v) is 2.35. The quantitative estimate of drug-likeness (QED) is 0.787. The molecule has 0 aliphatic heterocycles. The first kappa shape index (κ1) is 10.7. The number of aromatic nitrogens is 2. The molecule has 0 amide bonds. The molecule has 1 aromatic heterocycles. The average Bonchev–Trinajstić information content (AvgIpc) is 2.32. The normalized spacial score (nSPS) is 10.4. The summed E-state index contributed by atoms with van der Waals surface area (Å²) in [5.74, 6) is 0.395. The fourth-order valence-corrected chi connectivity index (χ4v) is 1.52. The van der Waals surface area contributed by atoms with Crippen LogP contribution >= 0.6 is 0 Å². The van der Waals surface area contributed by atoms with E-state index < -0.39 is 0 Å². The first-order chi connectivity index (χ1) is 7.79. The second-order valence-corrected chi connectivity index (χ2v) is 3.67. The molecule has 0 aliphatic carbocycles. The molecule has 0 atom stereocenters. The average molecular weight is 216 g/mol.